The Bertz CT molecular complexity index is 3440. The second-order valence-electron chi connectivity index (χ2n) is 16.8. The second-order valence-corrected chi connectivity index (χ2v) is 16.8. The Hall–Kier alpha value is -8.26. The molecule has 64 heavy (non-hydrogen) atoms. The van der Waals surface area contributed by atoms with Crippen molar-refractivity contribution < 1.29 is 0 Å². The van der Waals surface area contributed by atoms with Crippen molar-refractivity contribution in [3.8, 4) is 44.5 Å². The molecule has 0 aromatic heterocycles. The quantitative estimate of drug-likeness (QED) is 0.138. The minimum atomic E-state index is -0.539. The molecule has 12 rings (SSSR count). The zero-order chi connectivity index (χ0) is 42.5. The van der Waals surface area contributed by atoms with Crippen LogP contribution in [0, 0.1) is 0 Å². The largest absolute Gasteiger partial charge is 0.310 e. The lowest BCUT2D eigenvalue weighted by atomic mass is 9.67. The van der Waals surface area contributed by atoms with Crippen LogP contribution in [0.4, 0.5) is 17.1 Å². The van der Waals surface area contributed by atoms with Gasteiger partial charge in [0.2, 0.25) is 0 Å². The summed E-state index contributed by atoms with van der Waals surface area (Å²) in [5.41, 5.74) is 17.4. The number of anilines is 3. The molecular weight excluding hydrogens is 771 g/mol. The molecule has 0 fully saturated rings. The fourth-order valence-corrected chi connectivity index (χ4v) is 10.5. The standard InChI is InChI=1S/C63H43N/c1-5-19-44(20-6-1)54-39-36-51(42-59(54)45-21-7-2-8-22-45)64(62-32-18-16-29-56(62)48-35-38-55-47(41-48)34-33-46-23-13-14-28-53(46)55)52-37-40-58-57-30-15-17-31-60(57)63(61(58)43-52,49-24-9-3-10-25-49)50-26-11-4-12-27-50/h1-43H. The van der Waals surface area contributed by atoms with E-state index in [-0.39, 0.29) is 0 Å². The number of fused-ring (bicyclic) bond motifs is 6. The van der Waals surface area contributed by atoms with Crippen molar-refractivity contribution in [3.05, 3.63) is 283 Å². The van der Waals surface area contributed by atoms with Gasteiger partial charge < -0.3 is 4.90 Å². The van der Waals surface area contributed by atoms with Gasteiger partial charge in [-0.05, 0) is 119 Å². The van der Waals surface area contributed by atoms with Crippen molar-refractivity contribution in [1.82, 2.24) is 0 Å². The van der Waals surface area contributed by atoms with E-state index < -0.39 is 5.41 Å². The summed E-state index contributed by atoms with van der Waals surface area (Å²) >= 11 is 0. The smallest absolute Gasteiger partial charge is 0.0714 e. The second kappa shape index (κ2) is 15.6. The summed E-state index contributed by atoms with van der Waals surface area (Å²) in [6.45, 7) is 0. The summed E-state index contributed by atoms with van der Waals surface area (Å²) in [4.78, 5) is 2.49. The van der Waals surface area contributed by atoms with Crippen LogP contribution in [0.25, 0.3) is 66.1 Å². The molecule has 1 aliphatic rings. The topological polar surface area (TPSA) is 3.24 Å². The molecule has 0 amide bonds. The van der Waals surface area contributed by atoms with Gasteiger partial charge in [0.05, 0.1) is 11.1 Å². The molecule has 0 saturated carbocycles. The number of para-hydroxylation sites is 1. The number of benzene rings is 11. The molecule has 0 spiro atoms. The molecule has 1 nitrogen and oxygen atoms in total. The summed E-state index contributed by atoms with van der Waals surface area (Å²) in [6.07, 6.45) is 0. The van der Waals surface area contributed by atoms with Crippen molar-refractivity contribution in [1.29, 1.82) is 0 Å². The van der Waals surface area contributed by atoms with E-state index >= 15 is 0 Å². The number of hydrogen-bond acceptors (Lipinski definition) is 1. The van der Waals surface area contributed by atoms with E-state index in [1.807, 2.05) is 0 Å². The maximum atomic E-state index is 2.49. The average molecular weight is 814 g/mol. The highest BCUT2D eigenvalue weighted by Gasteiger charge is 2.46. The Kier molecular flexibility index (Phi) is 9.13. The number of rotatable bonds is 8. The minimum Gasteiger partial charge on any atom is -0.310 e. The minimum absolute atomic E-state index is 0.539. The van der Waals surface area contributed by atoms with Gasteiger partial charge in [-0.2, -0.15) is 0 Å². The molecule has 0 saturated heterocycles. The third-order valence-electron chi connectivity index (χ3n) is 13.3. The third kappa shape index (κ3) is 6.08. The predicted octanol–water partition coefficient (Wildman–Crippen LogP) is 16.8. The first-order valence-corrected chi connectivity index (χ1v) is 22.2. The Morgan fingerprint density at radius 1 is 0.266 bits per heavy atom. The highest BCUT2D eigenvalue weighted by Crippen LogP contribution is 2.57. The lowest BCUT2D eigenvalue weighted by Crippen LogP contribution is -2.28. The zero-order valence-electron chi connectivity index (χ0n) is 35.3. The van der Waals surface area contributed by atoms with E-state index in [9.17, 15) is 0 Å². The highest BCUT2D eigenvalue weighted by atomic mass is 15.1. The van der Waals surface area contributed by atoms with Gasteiger partial charge in [-0.15, -0.1) is 0 Å². The van der Waals surface area contributed by atoms with Crippen LogP contribution in [0.5, 0.6) is 0 Å². The van der Waals surface area contributed by atoms with Gasteiger partial charge in [0.1, 0.15) is 0 Å². The molecule has 0 aliphatic heterocycles. The van der Waals surface area contributed by atoms with E-state index in [1.165, 1.54) is 82.7 Å². The molecule has 1 heteroatoms. The lowest BCUT2D eigenvalue weighted by Gasteiger charge is -2.35. The van der Waals surface area contributed by atoms with Crippen LogP contribution in [0.3, 0.4) is 0 Å². The predicted molar refractivity (Wildman–Crippen MR) is 270 cm³/mol. The van der Waals surface area contributed by atoms with Crippen LogP contribution < -0.4 is 4.90 Å². The van der Waals surface area contributed by atoms with Crippen LogP contribution >= 0.6 is 0 Å². The summed E-state index contributed by atoms with van der Waals surface area (Å²) in [6, 6.07) is 96.0. The molecule has 1 aliphatic carbocycles. The van der Waals surface area contributed by atoms with E-state index in [2.05, 4.69) is 266 Å². The zero-order valence-corrected chi connectivity index (χ0v) is 35.3. The maximum absolute atomic E-state index is 2.49. The Labute approximate surface area is 374 Å². The first kappa shape index (κ1) is 37.5. The maximum Gasteiger partial charge on any atom is 0.0714 e. The molecule has 0 heterocycles. The fraction of sp³-hybridized carbons (Fsp3) is 0.0159. The third-order valence-corrected chi connectivity index (χ3v) is 13.3. The van der Waals surface area contributed by atoms with E-state index in [4.69, 9.17) is 0 Å². The van der Waals surface area contributed by atoms with Crippen LogP contribution in [0.15, 0.2) is 261 Å². The van der Waals surface area contributed by atoms with Crippen LogP contribution in [-0.2, 0) is 5.41 Å². The highest BCUT2D eigenvalue weighted by molar-refractivity contribution is 6.09. The first-order valence-electron chi connectivity index (χ1n) is 22.2. The van der Waals surface area contributed by atoms with E-state index in [1.54, 1.807) is 0 Å². The number of nitrogens with zero attached hydrogens (tertiary/aromatic N) is 1. The SMILES string of the molecule is c1ccc(-c2ccc(N(c3ccc4c(c3)C(c3ccccc3)(c3ccccc3)c3ccccc3-4)c3ccccc3-c3ccc4c(ccc5ccccc54)c3)cc2-c2ccccc2)cc1. The van der Waals surface area contributed by atoms with Gasteiger partial charge in [0, 0.05) is 16.9 Å². The van der Waals surface area contributed by atoms with Crippen LogP contribution in [0.1, 0.15) is 22.3 Å². The Balaban J connectivity index is 1.13. The molecule has 0 unspecified atom stereocenters. The van der Waals surface area contributed by atoms with Gasteiger partial charge in [-0.25, -0.2) is 0 Å². The summed E-state index contributed by atoms with van der Waals surface area (Å²) < 4.78 is 0. The summed E-state index contributed by atoms with van der Waals surface area (Å²) in [7, 11) is 0. The molecule has 300 valence electrons. The normalized spacial score (nSPS) is 12.5. The van der Waals surface area contributed by atoms with E-state index in [0.29, 0.717) is 0 Å². The summed E-state index contributed by atoms with van der Waals surface area (Å²) in [5, 5.41) is 5.01. The van der Waals surface area contributed by atoms with Gasteiger partial charge in [-0.3, -0.25) is 0 Å². The van der Waals surface area contributed by atoms with Crippen molar-refractivity contribution in [2.45, 2.75) is 5.41 Å². The number of hydrogen-bond donors (Lipinski definition) is 0. The van der Waals surface area contributed by atoms with Crippen molar-refractivity contribution in [3.63, 3.8) is 0 Å². The van der Waals surface area contributed by atoms with Gasteiger partial charge in [-0.1, -0.05) is 224 Å². The lowest BCUT2D eigenvalue weighted by molar-refractivity contribution is 0.768. The van der Waals surface area contributed by atoms with Gasteiger partial charge in [0.15, 0.2) is 0 Å². The van der Waals surface area contributed by atoms with Crippen molar-refractivity contribution in [2.24, 2.45) is 0 Å². The first-order chi connectivity index (χ1) is 31.8. The fourth-order valence-electron chi connectivity index (χ4n) is 10.5. The average Bonchev–Trinajstić information content (AvgIpc) is 3.68. The molecule has 0 radical (unpaired) electrons. The Morgan fingerprint density at radius 2 is 0.781 bits per heavy atom. The monoisotopic (exact) mass is 813 g/mol. The Morgan fingerprint density at radius 3 is 1.50 bits per heavy atom. The van der Waals surface area contributed by atoms with Crippen LogP contribution in [-0.4, -0.2) is 0 Å². The van der Waals surface area contributed by atoms with E-state index in [0.717, 1.165) is 22.6 Å². The van der Waals surface area contributed by atoms with Gasteiger partial charge in [0.25, 0.3) is 0 Å². The van der Waals surface area contributed by atoms with Crippen molar-refractivity contribution >= 4 is 38.6 Å². The summed E-state index contributed by atoms with van der Waals surface area (Å²) in [5.74, 6) is 0. The molecule has 11 aromatic carbocycles. The molecule has 0 bridgehead atoms. The van der Waals surface area contributed by atoms with Crippen LogP contribution in [0.2, 0.25) is 0 Å². The molecular formula is C63H43N. The van der Waals surface area contributed by atoms with Gasteiger partial charge >= 0.3 is 0 Å². The molecule has 11 aromatic rings. The van der Waals surface area contributed by atoms with Crippen molar-refractivity contribution in [2.75, 3.05) is 4.90 Å². The molecule has 0 N–H and O–H groups in total. The molecule has 0 atom stereocenters.